The molecule has 24 heavy (non-hydrogen) atoms. The number of methoxy groups -OCH3 is 1. The number of hydrogen-bond acceptors (Lipinski definition) is 3. The molecule has 0 unspecified atom stereocenters. The lowest BCUT2D eigenvalue weighted by Gasteiger charge is -2.17. The fraction of sp³-hybridized carbons (Fsp3) is 0.158. The van der Waals surface area contributed by atoms with E-state index in [1.54, 1.807) is 31.2 Å². The van der Waals surface area contributed by atoms with Crippen molar-refractivity contribution >= 4 is 28.3 Å². The fourth-order valence-corrected chi connectivity index (χ4v) is 2.68. The third kappa shape index (κ3) is 3.49. The van der Waals surface area contributed by atoms with Crippen molar-refractivity contribution in [1.82, 2.24) is 9.88 Å². The summed E-state index contributed by atoms with van der Waals surface area (Å²) in [5.74, 6) is 0.742. The third-order valence-corrected chi connectivity index (χ3v) is 4.08. The Hall–Kier alpha value is -2.59. The van der Waals surface area contributed by atoms with Crippen molar-refractivity contribution in [1.29, 1.82) is 0 Å². The van der Waals surface area contributed by atoms with Crippen molar-refractivity contribution in [3.8, 4) is 5.75 Å². The minimum Gasteiger partial charge on any atom is -0.497 e. The molecule has 0 saturated heterocycles. The van der Waals surface area contributed by atoms with Gasteiger partial charge >= 0.3 is 0 Å². The Bertz CT molecular complexity index is 878. The van der Waals surface area contributed by atoms with Gasteiger partial charge in [0.2, 0.25) is 0 Å². The lowest BCUT2D eigenvalue weighted by molar-refractivity contribution is 0.0784. The van der Waals surface area contributed by atoms with Gasteiger partial charge in [-0.15, -0.1) is 0 Å². The highest BCUT2D eigenvalue weighted by molar-refractivity contribution is 6.29. The molecular weight excluding hydrogens is 324 g/mol. The maximum atomic E-state index is 12.4. The molecule has 1 amide bonds. The van der Waals surface area contributed by atoms with Crippen molar-refractivity contribution in [2.45, 2.75) is 6.54 Å². The number of hydrogen-bond donors (Lipinski definition) is 0. The second-order valence-electron chi connectivity index (χ2n) is 5.58. The second-order valence-corrected chi connectivity index (χ2v) is 5.97. The molecule has 3 aromatic rings. The highest BCUT2D eigenvalue weighted by atomic mass is 35.5. The quantitative estimate of drug-likeness (QED) is 0.669. The molecule has 0 fully saturated rings. The van der Waals surface area contributed by atoms with Crippen molar-refractivity contribution in [2.24, 2.45) is 0 Å². The van der Waals surface area contributed by atoms with Crippen LogP contribution in [0.1, 0.15) is 15.9 Å². The van der Waals surface area contributed by atoms with Gasteiger partial charge in [-0.1, -0.05) is 29.8 Å². The second kappa shape index (κ2) is 6.89. The van der Waals surface area contributed by atoms with Gasteiger partial charge in [0.25, 0.3) is 5.91 Å². The predicted octanol–water partition coefficient (Wildman–Crippen LogP) is 4.17. The first-order valence-electron chi connectivity index (χ1n) is 7.50. The van der Waals surface area contributed by atoms with Crippen LogP contribution in [0.25, 0.3) is 10.8 Å². The molecule has 5 heteroatoms. The van der Waals surface area contributed by atoms with Crippen LogP contribution >= 0.6 is 11.6 Å². The molecule has 0 saturated carbocycles. The summed E-state index contributed by atoms with van der Waals surface area (Å²) < 4.78 is 5.24. The van der Waals surface area contributed by atoms with Crippen LogP contribution in [-0.4, -0.2) is 29.9 Å². The van der Waals surface area contributed by atoms with Crippen molar-refractivity contribution < 1.29 is 9.53 Å². The van der Waals surface area contributed by atoms with Gasteiger partial charge in [-0.05, 0) is 46.7 Å². The van der Waals surface area contributed by atoms with Crippen LogP contribution in [-0.2, 0) is 6.54 Å². The molecule has 0 radical (unpaired) electrons. The number of ether oxygens (including phenoxy) is 1. The number of nitrogens with zero attached hydrogens (tertiary/aromatic N) is 2. The highest BCUT2D eigenvalue weighted by Crippen LogP contribution is 2.22. The van der Waals surface area contributed by atoms with Crippen LogP contribution in [0.3, 0.4) is 0 Å². The first-order valence-corrected chi connectivity index (χ1v) is 7.88. The van der Waals surface area contributed by atoms with Gasteiger partial charge < -0.3 is 9.64 Å². The zero-order chi connectivity index (χ0) is 17.1. The summed E-state index contributed by atoms with van der Waals surface area (Å²) >= 11 is 5.76. The fourth-order valence-electron chi connectivity index (χ4n) is 2.57. The van der Waals surface area contributed by atoms with E-state index in [0.717, 1.165) is 22.1 Å². The zero-order valence-corrected chi connectivity index (χ0v) is 14.2. The molecule has 0 N–H and O–H groups in total. The van der Waals surface area contributed by atoms with E-state index in [1.807, 2.05) is 30.3 Å². The molecule has 0 aliphatic carbocycles. The Labute approximate surface area is 145 Å². The predicted molar refractivity (Wildman–Crippen MR) is 95.5 cm³/mol. The van der Waals surface area contributed by atoms with Gasteiger partial charge in [0.1, 0.15) is 10.9 Å². The Kier molecular flexibility index (Phi) is 4.67. The average Bonchev–Trinajstić information content (AvgIpc) is 2.61. The number of fused-ring (bicyclic) bond motifs is 1. The highest BCUT2D eigenvalue weighted by Gasteiger charge is 2.12. The van der Waals surface area contributed by atoms with Gasteiger partial charge in [-0.25, -0.2) is 4.98 Å². The van der Waals surface area contributed by atoms with E-state index in [2.05, 4.69) is 11.1 Å². The molecule has 1 heterocycles. The molecule has 2 aromatic carbocycles. The van der Waals surface area contributed by atoms with Crippen LogP contribution in [0.2, 0.25) is 5.15 Å². The number of halogens is 1. The number of pyridine rings is 1. The lowest BCUT2D eigenvalue weighted by atomic mass is 10.1. The molecule has 3 rings (SSSR count). The van der Waals surface area contributed by atoms with Crippen LogP contribution in [0.5, 0.6) is 5.75 Å². The molecule has 0 bridgehead atoms. The smallest absolute Gasteiger partial charge is 0.255 e. The monoisotopic (exact) mass is 340 g/mol. The van der Waals surface area contributed by atoms with E-state index in [1.165, 1.54) is 6.20 Å². The molecule has 0 aliphatic rings. The van der Waals surface area contributed by atoms with E-state index in [9.17, 15) is 4.79 Å². The largest absolute Gasteiger partial charge is 0.497 e. The first-order chi connectivity index (χ1) is 11.6. The molecule has 0 atom stereocenters. The summed E-state index contributed by atoms with van der Waals surface area (Å²) in [6, 6.07) is 15.4. The Morgan fingerprint density at radius 2 is 1.88 bits per heavy atom. The first kappa shape index (κ1) is 16.3. The van der Waals surface area contributed by atoms with E-state index in [0.29, 0.717) is 17.3 Å². The van der Waals surface area contributed by atoms with Crippen molar-refractivity contribution in [2.75, 3.05) is 14.2 Å². The number of benzene rings is 2. The van der Waals surface area contributed by atoms with Gasteiger partial charge in [0.15, 0.2) is 0 Å². The van der Waals surface area contributed by atoms with E-state index < -0.39 is 0 Å². The number of rotatable bonds is 4. The Morgan fingerprint density at radius 1 is 1.12 bits per heavy atom. The average molecular weight is 341 g/mol. The van der Waals surface area contributed by atoms with Crippen LogP contribution < -0.4 is 4.74 Å². The van der Waals surface area contributed by atoms with Crippen LogP contribution in [0, 0.1) is 0 Å². The number of carbonyl (C=O) groups is 1. The SMILES string of the molecule is COc1ccc2cc(CN(C)C(=O)c3ccc(Cl)nc3)ccc2c1. The summed E-state index contributed by atoms with van der Waals surface area (Å²) in [5, 5.41) is 2.59. The summed E-state index contributed by atoms with van der Waals surface area (Å²) in [6.45, 7) is 0.517. The Morgan fingerprint density at radius 3 is 2.58 bits per heavy atom. The van der Waals surface area contributed by atoms with E-state index >= 15 is 0 Å². The minimum atomic E-state index is -0.0889. The lowest BCUT2D eigenvalue weighted by Crippen LogP contribution is -2.26. The maximum absolute atomic E-state index is 12.4. The van der Waals surface area contributed by atoms with Gasteiger partial charge in [0.05, 0.1) is 12.7 Å². The number of amides is 1. The van der Waals surface area contributed by atoms with E-state index in [4.69, 9.17) is 16.3 Å². The van der Waals surface area contributed by atoms with E-state index in [-0.39, 0.29) is 5.91 Å². The number of aromatic nitrogens is 1. The summed E-state index contributed by atoms with van der Waals surface area (Å²) in [6.07, 6.45) is 1.49. The number of carbonyl (C=O) groups excluding carboxylic acids is 1. The molecule has 122 valence electrons. The third-order valence-electron chi connectivity index (χ3n) is 3.85. The van der Waals surface area contributed by atoms with Gasteiger partial charge in [-0.3, -0.25) is 4.79 Å². The van der Waals surface area contributed by atoms with Crippen LogP contribution in [0.4, 0.5) is 0 Å². The van der Waals surface area contributed by atoms with Crippen molar-refractivity contribution in [3.05, 3.63) is 71.0 Å². The molecule has 0 aliphatic heterocycles. The summed E-state index contributed by atoms with van der Waals surface area (Å²) in [4.78, 5) is 18.0. The standard InChI is InChI=1S/C19H17ClN2O2/c1-22(19(23)16-6-8-18(20)21-11-16)12-13-3-4-15-10-17(24-2)7-5-14(15)9-13/h3-11H,12H2,1-2H3. The summed E-state index contributed by atoms with van der Waals surface area (Å²) in [7, 11) is 3.43. The van der Waals surface area contributed by atoms with Gasteiger partial charge in [0, 0.05) is 19.8 Å². The summed E-state index contributed by atoms with van der Waals surface area (Å²) in [5.41, 5.74) is 1.58. The zero-order valence-electron chi connectivity index (χ0n) is 13.5. The molecule has 1 aromatic heterocycles. The topological polar surface area (TPSA) is 42.4 Å². The molecular formula is C19H17ClN2O2. The van der Waals surface area contributed by atoms with Crippen molar-refractivity contribution in [3.63, 3.8) is 0 Å². The van der Waals surface area contributed by atoms with Crippen LogP contribution in [0.15, 0.2) is 54.7 Å². The van der Waals surface area contributed by atoms with Gasteiger partial charge in [-0.2, -0.15) is 0 Å². The Balaban J connectivity index is 1.78. The molecule has 0 spiro atoms. The normalized spacial score (nSPS) is 10.6. The molecule has 4 nitrogen and oxygen atoms in total. The minimum absolute atomic E-state index is 0.0889. The maximum Gasteiger partial charge on any atom is 0.255 e.